The van der Waals surface area contributed by atoms with Gasteiger partial charge in [0, 0.05) is 11.8 Å². The summed E-state index contributed by atoms with van der Waals surface area (Å²) in [6.45, 7) is 0. The van der Waals surface area contributed by atoms with Crippen molar-refractivity contribution in [2.75, 3.05) is 5.32 Å². The summed E-state index contributed by atoms with van der Waals surface area (Å²) in [6, 6.07) is 7.92. The Labute approximate surface area is 123 Å². The molecule has 0 spiro atoms. The fraction of sp³-hybridized carbons (Fsp3) is 0. The van der Waals surface area contributed by atoms with Crippen LogP contribution in [0.15, 0.2) is 47.5 Å². The highest BCUT2D eigenvalue weighted by Crippen LogP contribution is 2.23. The van der Waals surface area contributed by atoms with E-state index in [-0.39, 0.29) is 5.89 Å². The molecular weight excluding hydrogens is 290 g/mol. The zero-order chi connectivity index (χ0) is 15.4. The van der Waals surface area contributed by atoms with Crippen molar-refractivity contribution in [3.05, 3.63) is 43.0 Å². The number of carboxylic acid groups (broad SMARTS) is 1. The highest BCUT2D eigenvalue weighted by molar-refractivity contribution is 5.82. The Balaban J connectivity index is 1.76. The van der Waals surface area contributed by atoms with E-state index in [2.05, 4.69) is 25.4 Å². The smallest absolute Gasteiger partial charge is 0.409 e. The number of nitrogens with zero attached hydrogens (tertiary/aromatic N) is 4. The van der Waals surface area contributed by atoms with Crippen molar-refractivity contribution >= 4 is 11.8 Å². The van der Waals surface area contributed by atoms with Crippen LogP contribution in [-0.2, 0) is 0 Å². The molecule has 0 fully saturated rings. The summed E-state index contributed by atoms with van der Waals surface area (Å²) in [4.78, 5) is 22.4. The Morgan fingerprint density at radius 3 is 2.64 bits per heavy atom. The molecule has 0 radical (unpaired) electrons. The Morgan fingerprint density at radius 1 is 1.14 bits per heavy atom. The fourth-order valence-corrected chi connectivity index (χ4v) is 1.65. The van der Waals surface area contributed by atoms with Gasteiger partial charge < -0.3 is 14.4 Å². The van der Waals surface area contributed by atoms with E-state index in [0.29, 0.717) is 23.0 Å². The number of ether oxygens (including phenoxy) is 1. The van der Waals surface area contributed by atoms with Gasteiger partial charge in [-0.2, -0.15) is 4.98 Å². The number of rotatable bonds is 4. The lowest BCUT2D eigenvalue weighted by Gasteiger charge is -2.06. The molecule has 0 aliphatic heterocycles. The van der Waals surface area contributed by atoms with Crippen molar-refractivity contribution in [2.24, 2.45) is 0 Å². The Hall–Kier alpha value is -3.49. The Bertz CT molecular complexity index is 773. The largest absolute Gasteiger partial charge is 0.465 e. The third kappa shape index (κ3) is 3.15. The first-order chi connectivity index (χ1) is 10.7. The third-order valence-electron chi connectivity index (χ3n) is 2.55. The third-order valence-corrected chi connectivity index (χ3v) is 2.55. The molecule has 9 heteroatoms. The average Bonchev–Trinajstić information content (AvgIpc) is 3.03. The molecule has 9 nitrogen and oxygen atoms in total. The van der Waals surface area contributed by atoms with Crippen LogP contribution in [0.3, 0.4) is 0 Å². The maximum atomic E-state index is 10.5. The van der Waals surface area contributed by atoms with Gasteiger partial charge >= 0.3 is 6.09 Å². The number of hydrogen-bond acceptors (Lipinski definition) is 7. The summed E-state index contributed by atoms with van der Waals surface area (Å²) in [5, 5.41) is 14.3. The topological polar surface area (TPSA) is 123 Å². The standard InChI is InChI=1S/C13H9N5O4/c19-13(20)18-8-1-3-9(4-2-8)21-11-5-10(14-6-15-11)12-16-7-17-22-12/h1-7,18H,(H,19,20). The molecule has 3 aromatic rings. The highest BCUT2D eigenvalue weighted by Gasteiger charge is 2.08. The summed E-state index contributed by atoms with van der Waals surface area (Å²) >= 11 is 0. The predicted molar refractivity (Wildman–Crippen MR) is 73.5 cm³/mol. The van der Waals surface area contributed by atoms with Crippen molar-refractivity contribution in [3.8, 4) is 23.2 Å². The van der Waals surface area contributed by atoms with Crippen LogP contribution in [0.1, 0.15) is 0 Å². The van der Waals surface area contributed by atoms with Gasteiger partial charge in [0.2, 0.25) is 5.88 Å². The first-order valence-electron chi connectivity index (χ1n) is 6.08. The van der Waals surface area contributed by atoms with Crippen LogP contribution in [0.4, 0.5) is 10.5 Å². The van der Waals surface area contributed by atoms with Gasteiger partial charge in [0.25, 0.3) is 5.89 Å². The van der Waals surface area contributed by atoms with Crippen molar-refractivity contribution in [2.45, 2.75) is 0 Å². The average molecular weight is 299 g/mol. The van der Waals surface area contributed by atoms with Crippen LogP contribution in [0.25, 0.3) is 11.6 Å². The number of aromatic nitrogens is 4. The van der Waals surface area contributed by atoms with Gasteiger partial charge in [0.05, 0.1) is 0 Å². The molecule has 2 aromatic heterocycles. The SMILES string of the molecule is O=C(O)Nc1ccc(Oc2cc(-c3ncno3)ncn2)cc1. The van der Waals surface area contributed by atoms with Gasteiger partial charge in [-0.15, -0.1) is 0 Å². The van der Waals surface area contributed by atoms with E-state index >= 15 is 0 Å². The van der Waals surface area contributed by atoms with Gasteiger partial charge in [0.15, 0.2) is 6.33 Å². The molecule has 2 heterocycles. The van der Waals surface area contributed by atoms with Crippen molar-refractivity contribution in [3.63, 3.8) is 0 Å². The number of benzene rings is 1. The minimum absolute atomic E-state index is 0.258. The van der Waals surface area contributed by atoms with E-state index in [4.69, 9.17) is 14.4 Å². The maximum Gasteiger partial charge on any atom is 0.409 e. The van der Waals surface area contributed by atoms with E-state index in [0.717, 1.165) is 0 Å². The van der Waals surface area contributed by atoms with Crippen LogP contribution in [-0.4, -0.2) is 31.3 Å². The molecule has 0 aliphatic rings. The number of anilines is 1. The minimum atomic E-state index is -1.13. The van der Waals surface area contributed by atoms with Gasteiger partial charge in [0.1, 0.15) is 17.8 Å². The quantitative estimate of drug-likeness (QED) is 0.752. The van der Waals surface area contributed by atoms with E-state index in [1.165, 1.54) is 12.7 Å². The second-order valence-electron chi connectivity index (χ2n) is 4.04. The van der Waals surface area contributed by atoms with Gasteiger partial charge in [-0.1, -0.05) is 5.16 Å². The van der Waals surface area contributed by atoms with Crippen molar-refractivity contribution < 1.29 is 19.2 Å². The molecule has 1 amide bonds. The fourth-order valence-electron chi connectivity index (χ4n) is 1.65. The molecule has 2 N–H and O–H groups in total. The molecular formula is C13H9N5O4. The van der Waals surface area contributed by atoms with E-state index < -0.39 is 6.09 Å². The molecule has 22 heavy (non-hydrogen) atoms. The molecule has 0 saturated carbocycles. The summed E-state index contributed by atoms with van der Waals surface area (Å²) < 4.78 is 10.5. The molecule has 0 aliphatic carbocycles. The van der Waals surface area contributed by atoms with Crippen LogP contribution >= 0.6 is 0 Å². The van der Waals surface area contributed by atoms with Crippen molar-refractivity contribution in [1.29, 1.82) is 0 Å². The summed E-state index contributed by atoms with van der Waals surface area (Å²) in [5.74, 6) is 1.04. The highest BCUT2D eigenvalue weighted by atomic mass is 16.5. The van der Waals surface area contributed by atoms with Gasteiger partial charge in [-0.05, 0) is 24.3 Å². The lowest BCUT2D eigenvalue weighted by molar-refractivity contribution is 0.209. The number of hydrogen-bond donors (Lipinski definition) is 2. The maximum absolute atomic E-state index is 10.5. The molecule has 0 unspecified atom stereocenters. The van der Waals surface area contributed by atoms with Crippen LogP contribution in [0, 0.1) is 0 Å². The molecule has 3 rings (SSSR count). The van der Waals surface area contributed by atoms with Crippen LogP contribution < -0.4 is 10.1 Å². The number of amides is 1. The molecule has 1 aromatic carbocycles. The van der Waals surface area contributed by atoms with Gasteiger partial charge in [-0.3, -0.25) is 5.32 Å². The lowest BCUT2D eigenvalue weighted by Crippen LogP contribution is -2.06. The molecule has 110 valence electrons. The molecule has 0 atom stereocenters. The molecule has 0 bridgehead atoms. The van der Waals surface area contributed by atoms with Gasteiger partial charge in [-0.25, -0.2) is 14.8 Å². The van der Waals surface area contributed by atoms with Crippen LogP contribution in [0.2, 0.25) is 0 Å². The second-order valence-corrected chi connectivity index (χ2v) is 4.04. The van der Waals surface area contributed by atoms with E-state index in [9.17, 15) is 4.79 Å². The number of carbonyl (C=O) groups is 1. The zero-order valence-electron chi connectivity index (χ0n) is 11.0. The van der Waals surface area contributed by atoms with E-state index in [1.54, 1.807) is 30.3 Å². The zero-order valence-corrected chi connectivity index (χ0v) is 11.0. The lowest BCUT2D eigenvalue weighted by atomic mass is 10.3. The Morgan fingerprint density at radius 2 is 1.95 bits per heavy atom. The number of nitrogens with one attached hydrogen (secondary N) is 1. The van der Waals surface area contributed by atoms with Crippen molar-refractivity contribution in [1.82, 2.24) is 20.1 Å². The first-order valence-corrected chi connectivity index (χ1v) is 6.08. The van der Waals surface area contributed by atoms with Crippen LogP contribution in [0.5, 0.6) is 11.6 Å². The summed E-state index contributed by atoms with van der Waals surface area (Å²) in [6.07, 6.45) is 1.45. The normalized spacial score (nSPS) is 10.2. The predicted octanol–water partition coefficient (Wildman–Crippen LogP) is 2.41. The first kappa shape index (κ1) is 13.5. The van der Waals surface area contributed by atoms with E-state index in [1.807, 2.05) is 0 Å². The monoisotopic (exact) mass is 299 g/mol. The minimum Gasteiger partial charge on any atom is -0.465 e. The molecule has 0 saturated heterocycles. The second kappa shape index (κ2) is 5.87. The Kier molecular flexibility index (Phi) is 3.60. The summed E-state index contributed by atoms with van der Waals surface area (Å²) in [7, 11) is 0. The summed E-state index contributed by atoms with van der Waals surface area (Å²) in [5.41, 5.74) is 0.876.